The number of hydrogen-bond acceptors (Lipinski definition) is 8. The SMILES string of the molecule is C#Cc1c(F)ccc2cc(O)cc(-c3ncc4c(N5CC6NC(C5)C5CC65)nc(OCC5(CN6CCC(F)CC6)CC5)nc4c3F)c12. The predicted molar refractivity (Wildman–Crippen MR) is 172 cm³/mol. The van der Waals surface area contributed by atoms with Crippen LogP contribution in [0.1, 0.15) is 37.7 Å². The van der Waals surface area contributed by atoms with Crippen LogP contribution in [-0.4, -0.2) is 82.5 Å². The Hall–Kier alpha value is -4.14. The maximum absolute atomic E-state index is 16.8. The number of piperidine rings is 2. The van der Waals surface area contributed by atoms with Crippen LogP contribution in [0.4, 0.5) is 19.0 Å². The Labute approximate surface area is 270 Å². The normalized spacial score (nSPS) is 26.4. The quantitative estimate of drug-likeness (QED) is 0.267. The number of piperazine rings is 1. The molecule has 2 saturated carbocycles. The third kappa shape index (κ3) is 4.95. The number of phenols is 1. The van der Waals surface area contributed by atoms with Gasteiger partial charge in [0.25, 0.3) is 0 Å². The molecule has 3 aliphatic heterocycles. The molecule has 2 aromatic carbocycles. The van der Waals surface area contributed by atoms with Crippen LogP contribution in [0.25, 0.3) is 32.9 Å². The van der Waals surface area contributed by atoms with E-state index in [2.05, 4.69) is 31.0 Å². The molecular weight excluding hydrogens is 605 g/mol. The van der Waals surface area contributed by atoms with Crippen molar-refractivity contribution in [1.29, 1.82) is 0 Å². The van der Waals surface area contributed by atoms with Gasteiger partial charge in [0.2, 0.25) is 0 Å². The third-order valence-corrected chi connectivity index (χ3v) is 11.1. The molecule has 9 rings (SSSR count). The van der Waals surface area contributed by atoms with Gasteiger partial charge in [-0.3, -0.25) is 4.98 Å². The molecule has 11 heteroatoms. The first kappa shape index (κ1) is 29.0. The van der Waals surface area contributed by atoms with Crippen molar-refractivity contribution in [2.75, 3.05) is 44.2 Å². The molecule has 2 N–H and O–H groups in total. The first-order chi connectivity index (χ1) is 22.8. The lowest BCUT2D eigenvalue weighted by molar-refractivity contribution is 0.107. The van der Waals surface area contributed by atoms with Gasteiger partial charge >= 0.3 is 6.01 Å². The van der Waals surface area contributed by atoms with Gasteiger partial charge in [-0.1, -0.05) is 12.0 Å². The van der Waals surface area contributed by atoms with E-state index in [0.717, 1.165) is 45.6 Å². The molecular formula is C36H35F3N6O2. The lowest BCUT2D eigenvalue weighted by atomic mass is 9.96. The number of nitrogens with one attached hydrogen (secondary N) is 1. The second-order valence-corrected chi connectivity index (χ2v) is 14.3. The number of fused-ring (bicyclic) bond motifs is 7. The van der Waals surface area contributed by atoms with Crippen molar-refractivity contribution >= 4 is 27.5 Å². The lowest BCUT2D eigenvalue weighted by Crippen LogP contribution is -2.54. The van der Waals surface area contributed by atoms with Gasteiger partial charge in [-0.15, -0.1) is 6.42 Å². The van der Waals surface area contributed by atoms with Crippen LogP contribution in [0.5, 0.6) is 11.8 Å². The number of likely N-dealkylation sites (tertiary alicyclic amines) is 1. The lowest BCUT2D eigenvalue weighted by Gasteiger charge is -2.36. The summed E-state index contributed by atoms with van der Waals surface area (Å²) >= 11 is 0. The fraction of sp³-hybridized carbons (Fsp3) is 0.472. The smallest absolute Gasteiger partial charge is 0.319 e. The Morgan fingerprint density at radius 3 is 2.57 bits per heavy atom. The van der Waals surface area contributed by atoms with Crippen molar-refractivity contribution in [3.8, 4) is 35.4 Å². The first-order valence-electron chi connectivity index (χ1n) is 16.6. The van der Waals surface area contributed by atoms with Crippen LogP contribution in [0.15, 0.2) is 30.5 Å². The number of aromatic nitrogens is 3. The number of phenolic OH excluding ortho intramolecular Hbond substituents is 1. The highest BCUT2D eigenvalue weighted by Crippen LogP contribution is 2.52. The molecule has 0 radical (unpaired) electrons. The second-order valence-electron chi connectivity index (χ2n) is 14.3. The highest BCUT2D eigenvalue weighted by atomic mass is 19.1. The van der Waals surface area contributed by atoms with E-state index >= 15 is 4.39 Å². The fourth-order valence-corrected chi connectivity index (χ4v) is 8.33. The van der Waals surface area contributed by atoms with Gasteiger partial charge < -0.3 is 25.0 Å². The zero-order valence-corrected chi connectivity index (χ0v) is 25.9. The van der Waals surface area contributed by atoms with Crippen LogP contribution in [-0.2, 0) is 0 Å². The highest BCUT2D eigenvalue weighted by Gasteiger charge is 2.57. The van der Waals surface area contributed by atoms with E-state index in [4.69, 9.17) is 16.1 Å². The van der Waals surface area contributed by atoms with Gasteiger partial charge in [-0.2, -0.15) is 9.97 Å². The Bertz CT molecular complexity index is 1950. The van der Waals surface area contributed by atoms with E-state index in [1.165, 1.54) is 30.7 Å². The monoisotopic (exact) mass is 640 g/mol. The van der Waals surface area contributed by atoms with Crippen LogP contribution in [0.3, 0.4) is 0 Å². The summed E-state index contributed by atoms with van der Waals surface area (Å²) in [7, 11) is 0. The molecule has 2 aromatic heterocycles. The number of terminal acetylenes is 1. The minimum Gasteiger partial charge on any atom is -0.508 e. The number of anilines is 1. The van der Waals surface area contributed by atoms with Gasteiger partial charge in [0.05, 0.1) is 17.6 Å². The van der Waals surface area contributed by atoms with Crippen molar-refractivity contribution in [3.05, 3.63) is 47.7 Å². The molecule has 4 aromatic rings. The molecule has 0 spiro atoms. The molecule has 242 valence electrons. The maximum atomic E-state index is 16.8. The number of alkyl halides is 1. The van der Waals surface area contributed by atoms with Crippen molar-refractivity contribution < 1.29 is 23.0 Å². The topological polar surface area (TPSA) is 86.6 Å². The first-order valence-corrected chi connectivity index (χ1v) is 16.6. The van der Waals surface area contributed by atoms with Gasteiger partial charge in [-0.25, -0.2) is 13.2 Å². The van der Waals surface area contributed by atoms with E-state index in [-0.39, 0.29) is 44.9 Å². The molecule has 8 nitrogen and oxygen atoms in total. The molecule has 5 fully saturated rings. The van der Waals surface area contributed by atoms with E-state index in [9.17, 15) is 13.9 Å². The fourth-order valence-electron chi connectivity index (χ4n) is 8.33. The van der Waals surface area contributed by atoms with Crippen molar-refractivity contribution in [2.45, 2.75) is 50.4 Å². The molecule has 5 aliphatic rings. The predicted octanol–water partition coefficient (Wildman–Crippen LogP) is 5.20. The number of rotatable bonds is 7. The maximum Gasteiger partial charge on any atom is 0.319 e. The number of benzene rings is 2. The van der Waals surface area contributed by atoms with E-state index in [1.807, 2.05) is 0 Å². The largest absolute Gasteiger partial charge is 0.508 e. The van der Waals surface area contributed by atoms with E-state index in [0.29, 0.717) is 60.0 Å². The third-order valence-electron chi connectivity index (χ3n) is 11.1. The summed E-state index contributed by atoms with van der Waals surface area (Å²) in [4.78, 5) is 18.5. The number of pyridine rings is 1. The van der Waals surface area contributed by atoms with Crippen molar-refractivity contribution in [3.63, 3.8) is 0 Å². The molecule has 0 amide bonds. The minimum absolute atomic E-state index is 0.0356. The second kappa shape index (κ2) is 10.7. The van der Waals surface area contributed by atoms with Gasteiger partial charge in [0, 0.05) is 67.4 Å². The molecule has 5 heterocycles. The zero-order chi connectivity index (χ0) is 32.0. The Balaban J connectivity index is 1.12. The Kier molecular flexibility index (Phi) is 6.60. The molecule has 2 aliphatic carbocycles. The molecule has 47 heavy (non-hydrogen) atoms. The van der Waals surface area contributed by atoms with Crippen molar-refractivity contribution in [1.82, 2.24) is 25.2 Å². The van der Waals surface area contributed by atoms with Crippen molar-refractivity contribution in [2.24, 2.45) is 17.3 Å². The Morgan fingerprint density at radius 1 is 1.09 bits per heavy atom. The van der Waals surface area contributed by atoms with Crippen LogP contribution < -0.4 is 15.0 Å². The summed E-state index contributed by atoms with van der Waals surface area (Å²) in [6.45, 7) is 4.16. The summed E-state index contributed by atoms with van der Waals surface area (Å²) in [5.41, 5.74) is 0.00819. The summed E-state index contributed by atoms with van der Waals surface area (Å²) < 4.78 is 51.7. The van der Waals surface area contributed by atoms with Crippen LogP contribution in [0, 0.1) is 41.2 Å². The van der Waals surface area contributed by atoms with Gasteiger partial charge in [0.15, 0.2) is 5.82 Å². The summed E-state index contributed by atoms with van der Waals surface area (Å²) in [5.74, 6) is 2.81. The van der Waals surface area contributed by atoms with Gasteiger partial charge in [0.1, 0.15) is 34.8 Å². The average Bonchev–Trinajstić information content (AvgIpc) is 4.00. The van der Waals surface area contributed by atoms with Gasteiger partial charge in [-0.05, 0) is 67.5 Å². The number of aromatic hydroxyl groups is 1. The van der Waals surface area contributed by atoms with Crippen LogP contribution >= 0.6 is 0 Å². The minimum atomic E-state index is -0.730. The number of hydrogen-bond donors (Lipinski definition) is 2. The molecule has 4 atom stereocenters. The van der Waals surface area contributed by atoms with Crippen LogP contribution in [0.2, 0.25) is 0 Å². The molecule has 2 bridgehead atoms. The average molecular weight is 641 g/mol. The summed E-state index contributed by atoms with van der Waals surface area (Å²) in [6.07, 6.45) is 10.9. The number of nitrogens with zero attached hydrogens (tertiary/aromatic N) is 5. The summed E-state index contributed by atoms with van der Waals surface area (Å²) in [6, 6.07) is 6.33. The zero-order valence-electron chi connectivity index (χ0n) is 25.9. The van der Waals surface area contributed by atoms with E-state index < -0.39 is 17.8 Å². The Morgan fingerprint density at radius 2 is 1.85 bits per heavy atom. The molecule has 4 unspecified atom stereocenters. The standard InChI is InChI=1S/C36H35F3N6O2/c1-2-22-27(38)4-3-19-11-21(46)12-25(30(19)22)32-31(39)33-26(14-40-32)34(45-15-28-23-13-24(23)29(16-45)41-28)43-35(42-33)47-18-36(7-8-36)17-44-9-5-20(37)6-10-44/h1,3-4,11-12,14,20,23-24,28-29,41,46H,5-10,13,15-18H2. The highest BCUT2D eigenvalue weighted by molar-refractivity contribution is 6.03. The number of halogens is 3. The number of ether oxygens (including phenoxy) is 1. The molecule has 3 saturated heterocycles. The summed E-state index contributed by atoms with van der Waals surface area (Å²) in [5, 5.41) is 15.5. The van der Waals surface area contributed by atoms with E-state index in [1.54, 1.807) is 6.20 Å².